The van der Waals surface area contributed by atoms with Gasteiger partial charge in [-0.1, -0.05) is 12.1 Å². The van der Waals surface area contributed by atoms with Crippen LogP contribution in [0.1, 0.15) is 30.1 Å². The Balaban J connectivity index is 1.76. The average Bonchev–Trinajstić information content (AvgIpc) is 3.28. The van der Waals surface area contributed by atoms with Gasteiger partial charge >= 0.3 is 5.92 Å². The van der Waals surface area contributed by atoms with Crippen molar-refractivity contribution in [1.82, 2.24) is 14.6 Å². The predicted octanol–water partition coefficient (Wildman–Crippen LogP) is 3.50. The van der Waals surface area contributed by atoms with Gasteiger partial charge in [0.25, 0.3) is 0 Å². The minimum atomic E-state index is -3.67. The van der Waals surface area contributed by atoms with Crippen LogP contribution in [0.25, 0.3) is 5.65 Å². The van der Waals surface area contributed by atoms with E-state index in [2.05, 4.69) is 10.1 Å². The van der Waals surface area contributed by atoms with Crippen LogP contribution >= 0.6 is 0 Å². The fourth-order valence-corrected chi connectivity index (χ4v) is 3.41. The van der Waals surface area contributed by atoms with Gasteiger partial charge in [-0.2, -0.15) is 8.78 Å². The van der Waals surface area contributed by atoms with E-state index in [0.29, 0.717) is 12.4 Å². The molecule has 0 amide bonds. The molecule has 1 atom stereocenters. The minimum Gasteiger partial charge on any atom is -0.348 e. The molecule has 0 saturated carbocycles. The van der Waals surface area contributed by atoms with Crippen LogP contribution in [0, 0.1) is 5.82 Å². The first-order valence-corrected chi connectivity index (χ1v) is 8.21. The number of halogens is 3. The molecule has 134 valence electrons. The molecular formula is C18H15F3N4O. The summed E-state index contributed by atoms with van der Waals surface area (Å²) in [6.07, 6.45) is 2.22. The number of fused-ring (bicyclic) bond motifs is 1. The molecule has 0 unspecified atom stereocenters. The number of imidazole rings is 1. The third kappa shape index (κ3) is 2.71. The highest BCUT2D eigenvalue weighted by Crippen LogP contribution is 2.36. The van der Waals surface area contributed by atoms with Gasteiger partial charge in [-0.25, -0.2) is 13.9 Å². The van der Waals surface area contributed by atoms with Crippen LogP contribution in [0.4, 0.5) is 19.0 Å². The lowest BCUT2D eigenvalue weighted by Crippen LogP contribution is -2.25. The summed E-state index contributed by atoms with van der Waals surface area (Å²) < 4.78 is 42.2. The maximum absolute atomic E-state index is 13.8. The molecule has 1 aliphatic heterocycles. The molecule has 4 rings (SSSR count). The van der Waals surface area contributed by atoms with Crippen molar-refractivity contribution in [1.29, 1.82) is 0 Å². The van der Waals surface area contributed by atoms with Gasteiger partial charge in [0.2, 0.25) is 0 Å². The molecule has 1 fully saturated rings. The zero-order chi connectivity index (χ0) is 18.3. The molecule has 0 spiro atoms. The van der Waals surface area contributed by atoms with Gasteiger partial charge < -0.3 is 4.90 Å². The Hall–Kier alpha value is -2.90. The lowest BCUT2D eigenvalue weighted by Gasteiger charge is -2.26. The van der Waals surface area contributed by atoms with Crippen molar-refractivity contribution >= 4 is 17.8 Å². The van der Waals surface area contributed by atoms with Gasteiger partial charge in [-0.05, 0) is 42.7 Å². The molecule has 26 heavy (non-hydrogen) atoms. The highest BCUT2D eigenvalue weighted by molar-refractivity contribution is 5.63. The fraction of sp³-hybridized carbons (Fsp3) is 0.278. The lowest BCUT2D eigenvalue weighted by atomic mass is 10.0. The van der Waals surface area contributed by atoms with Gasteiger partial charge in [0, 0.05) is 6.54 Å². The van der Waals surface area contributed by atoms with Crippen LogP contribution in [-0.4, -0.2) is 27.4 Å². The average molecular weight is 360 g/mol. The van der Waals surface area contributed by atoms with Crippen LogP contribution in [0.3, 0.4) is 0 Å². The number of carbonyl (C=O) groups is 1. The summed E-state index contributed by atoms with van der Waals surface area (Å²) in [5.41, 5.74) is 0.464. The topological polar surface area (TPSA) is 50.5 Å². The third-order valence-corrected chi connectivity index (χ3v) is 4.62. The Morgan fingerprint density at radius 1 is 1.23 bits per heavy atom. The van der Waals surface area contributed by atoms with E-state index in [4.69, 9.17) is 0 Å². The van der Waals surface area contributed by atoms with Gasteiger partial charge in [0.1, 0.15) is 17.3 Å². The molecule has 0 aliphatic carbocycles. The van der Waals surface area contributed by atoms with E-state index in [1.54, 1.807) is 18.2 Å². The Bertz CT molecular complexity index is 972. The first kappa shape index (κ1) is 16.6. The Morgan fingerprint density at radius 3 is 2.85 bits per heavy atom. The van der Waals surface area contributed by atoms with E-state index in [0.717, 1.165) is 29.1 Å². The van der Waals surface area contributed by atoms with Crippen molar-refractivity contribution in [3.8, 4) is 0 Å². The molecule has 1 aliphatic rings. The summed E-state index contributed by atoms with van der Waals surface area (Å²) in [6, 6.07) is 9.53. The molecule has 0 N–H and O–H groups in total. The Kier molecular flexibility index (Phi) is 3.90. The third-order valence-electron chi connectivity index (χ3n) is 4.62. The number of hydrogen-bond acceptors (Lipinski definition) is 4. The van der Waals surface area contributed by atoms with E-state index in [-0.39, 0.29) is 17.5 Å². The number of anilines is 1. The molecule has 1 saturated heterocycles. The second kappa shape index (κ2) is 6.12. The van der Waals surface area contributed by atoms with Crippen molar-refractivity contribution in [2.45, 2.75) is 24.8 Å². The first-order valence-electron chi connectivity index (χ1n) is 8.21. The molecule has 2 aromatic heterocycles. The normalized spacial score (nSPS) is 17.8. The summed E-state index contributed by atoms with van der Waals surface area (Å²) in [5.74, 6) is -3.51. The number of hydrogen-bond donors (Lipinski definition) is 0. The summed E-state index contributed by atoms with van der Waals surface area (Å²) in [6.45, 7) is 0.674. The van der Waals surface area contributed by atoms with Crippen LogP contribution in [0.15, 0.2) is 42.6 Å². The summed E-state index contributed by atoms with van der Waals surface area (Å²) in [5, 5.41) is 4.28. The van der Waals surface area contributed by atoms with Crippen molar-refractivity contribution < 1.29 is 18.0 Å². The van der Waals surface area contributed by atoms with Crippen molar-refractivity contribution in [3.05, 3.63) is 59.7 Å². The van der Waals surface area contributed by atoms with Gasteiger partial charge in [-0.15, -0.1) is 5.10 Å². The van der Waals surface area contributed by atoms with E-state index in [1.165, 1.54) is 12.1 Å². The highest BCUT2D eigenvalue weighted by Gasteiger charge is 2.36. The molecule has 0 bridgehead atoms. The number of aldehydes is 1. The molecule has 8 heteroatoms. The lowest BCUT2D eigenvalue weighted by molar-refractivity contribution is -0.131. The second-order valence-electron chi connectivity index (χ2n) is 6.25. The van der Waals surface area contributed by atoms with Crippen LogP contribution in [0.2, 0.25) is 0 Å². The van der Waals surface area contributed by atoms with Crippen molar-refractivity contribution in [2.24, 2.45) is 0 Å². The first-order chi connectivity index (χ1) is 12.5. The zero-order valence-electron chi connectivity index (χ0n) is 13.6. The number of alkyl halides is 2. The number of aromatic nitrogens is 3. The van der Waals surface area contributed by atoms with Crippen LogP contribution < -0.4 is 4.90 Å². The maximum Gasteiger partial charge on any atom is 0.345 e. The van der Waals surface area contributed by atoms with Gasteiger partial charge in [0.05, 0.1) is 12.2 Å². The molecular weight excluding hydrogens is 345 g/mol. The fourth-order valence-electron chi connectivity index (χ4n) is 3.41. The number of rotatable bonds is 4. The molecule has 3 aromatic rings. The zero-order valence-corrected chi connectivity index (χ0v) is 13.6. The number of nitrogens with zero attached hydrogens (tertiary/aromatic N) is 4. The van der Waals surface area contributed by atoms with E-state index < -0.39 is 17.9 Å². The number of carbonyl (C=O) groups excluding carboxylic acids is 1. The van der Waals surface area contributed by atoms with Gasteiger partial charge in [-0.3, -0.25) is 4.79 Å². The van der Waals surface area contributed by atoms with Crippen LogP contribution in [0.5, 0.6) is 0 Å². The Labute approximate surface area is 147 Å². The summed E-state index contributed by atoms with van der Waals surface area (Å²) >= 11 is 0. The Morgan fingerprint density at radius 2 is 2.08 bits per heavy atom. The SMILES string of the molecule is O=CC(F)(F)c1cnc2ccc(N3CCC[C@@H]3c3cccc(F)c3)nn12. The molecule has 5 nitrogen and oxygen atoms in total. The van der Waals surface area contributed by atoms with Crippen molar-refractivity contribution in [2.75, 3.05) is 11.4 Å². The molecule has 0 radical (unpaired) electrons. The van der Waals surface area contributed by atoms with Crippen LogP contribution in [-0.2, 0) is 10.7 Å². The number of benzene rings is 1. The molecule has 3 heterocycles. The molecule has 1 aromatic carbocycles. The highest BCUT2D eigenvalue weighted by atomic mass is 19.3. The monoisotopic (exact) mass is 360 g/mol. The standard InChI is InChI=1S/C18H15F3N4O/c19-13-4-1-3-12(9-13)14-5-2-8-24(14)17-7-6-16-22-10-15(25(16)23-17)18(20,21)11-26/h1,3-4,6-7,9-11,14H,2,5,8H2/t14-/m1/s1. The van der Waals surface area contributed by atoms with E-state index in [9.17, 15) is 18.0 Å². The van der Waals surface area contributed by atoms with E-state index in [1.807, 2.05) is 11.0 Å². The predicted molar refractivity (Wildman–Crippen MR) is 88.7 cm³/mol. The smallest absolute Gasteiger partial charge is 0.345 e. The summed E-state index contributed by atoms with van der Waals surface area (Å²) in [7, 11) is 0. The largest absolute Gasteiger partial charge is 0.348 e. The van der Waals surface area contributed by atoms with Crippen molar-refractivity contribution in [3.63, 3.8) is 0 Å². The maximum atomic E-state index is 13.8. The summed E-state index contributed by atoms with van der Waals surface area (Å²) in [4.78, 5) is 16.6. The van der Waals surface area contributed by atoms with Gasteiger partial charge in [0.15, 0.2) is 11.9 Å². The second-order valence-corrected chi connectivity index (χ2v) is 6.25. The quantitative estimate of drug-likeness (QED) is 0.668. The van der Waals surface area contributed by atoms with E-state index >= 15 is 0 Å². The minimum absolute atomic E-state index is 0.0887.